The van der Waals surface area contributed by atoms with E-state index >= 15 is 0 Å². The van der Waals surface area contributed by atoms with Crippen molar-refractivity contribution in [3.63, 3.8) is 0 Å². The van der Waals surface area contributed by atoms with Gasteiger partial charge in [0.1, 0.15) is 5.75 Å². The minimum Gasteiger partial charge on any atom is -0.497 e. The maximum atomic E-state index is 10.4. The van der Waals surface area contributed by atoms with Gasteiger partial charge in [0, 0.05) is 13.0 Å². The molecule has 0 aliphatic rings. The van der Waals surface area contributed by atoms with Crippen LogP contribution in [0.5, 0.6) is 5.75 Å². The lowest BCUT2D eigenvalue weighted by Crippen LogP contribution is -2.28. The average Bonchev–Trinajstić information content (AvgIpc) is 2.44. The molecule has 0 radical (unpaired) electrons. The molecule has 5 heteroatoms. The molecule has 0 bridgehead atoms. The van der Waals surface area contributed by atoms with Crippen molar-refractivity contribution < 1.29 is 19.4 Å². The number of benzene rings is 1. The zero-order chi connectivity index (χ0) is 15.0. The van der Waals surface area contributed by atoms with E-state index in [4.69, 9.17) is 14.6 Å². The van der Waals surface area contributed by atoms with Crippen molar-refractivity contribution >= 4 is 5.97 Å². The number of likely N-dealkylation sites (N-methyl/N-ethyl adjacent to an activating group) is 1. The Kier molecular flexibility index (Phi) is 6.57. The largest absolute Gasteiger partial charge is 0.497 e. The smallest absolute Gasteiger partial charge is 0.381 e. The van der Waals surface area contributed by atoms with Crippen molar-refractivity contribution in [1.29, 1.82) is 0 Å². The molecule has 1 aromatic carbocycles. The topological polar surface area (TPSA) is 59.0 Å². The average molecular weight is 277 g/mol. The fourth-order valence-electron chi connectivity index (χ4n) is 1.81. The fourth-order valence-corrected chi connectivity index (χ4v) is 1.81. The van der Waals surface area contributed by atoms with Crippen LogP contribution in [0.4, 0.5) is 0 Å². The molecule has 1 atom stereocenters. The first-order valence-corrected chi connectivity index (χ1v) is 6.13. The highest BCUT2D eigenvalue weighted by molar-refractivity contribution is 5.86. The molecule has 5 nitrogen and oxygen atoms in total. The second-order valence-electron chi connectivity index (χ2n) is 4.27. The summed E-state index contributed by atoms with van der Waals surface area (Å²) in [6.45, 7) is 0.851. The SMILES string of the molecule is COCC(c1ccc(OC)cc1)N(C)CC#CC(=O)O. The number of carboxylic acid groups (broad SMARTS) is 1. The predicted molar refractivity (Wildman–Crippen MR) is 75.7 cm³/mol. The standard InChI is InChI=1S/C15H19NO4/c1-16(10-4-5-15(17)18)14(11-19-2)12-6-8-13(20-3)9-7-12/h6-9,14H,10-11H2,1-3H3,(H,17,18). The van der Waals surface area contributed by atoms with Gasteiger partial charge >= 0.3 is 5.97 Å². The number of carbonyl (C=O) groups is 1. The Morgan fingerprint density at radius 2 is 2.00 bits per heavy atom. The Labute approximate surface area is 119 Å². The summed E-state index contributed by atoms with van der Waals surface area (Å²) in [7, 11) is 5.13. The van der Waals surface area contributed by atoms with Gasteiger partial charge in [-0.3, -0.25) is 4.90 Å². The van der Waals surface area contributed by atoms with Crippen molar-refractivity contribution in [2.75, 3.05) is 34.4 Å². The van der Waals surface area contributed by atoms with Crippen molar-refractivity contribution in [1.82, 2.24) is 4.90 Å². The first-order valence-electron chi connectivity index (χ1n) is 6.13. The third-order valence-corrected chi connectivity index (χ3v) is 2.88. The molecule has 108 valence electrons. The van der Waals surface area contributed by atoms with E-state index < -0.39 is 5.97 Å². The summed E-state index contributed by atoms with van der Waals surface area (Å²) >= 11 is 0. The minimum atomic E-state index is -1.12. The maximum absolute atomic E-state index is 10.4. The molecule has 0 spiro atoms. The quantitative estimate of drug-likeness (QED) is 0.797. The maximum Gasteiger partial charge on any atom is 0.381 e. The van der Waals surface area contributed by atoms with Crippen LogP contribution in [0.3, 0.4) is 0 Å². The molecule has 0 fully saturated rings. The number of hydrogen-bond acceptors (Lipinski definition) is 4. The number of ether oxygens (including phenoxy) is 2. The zero-order valence-corrected chi connectivity index (χ0v) is 11.9. The molecule has 0 heterocycles. The van der Waals surface area contributed by atoms with Gasteiger partial charge in [0.15, 0.2) is 0 Å². The molecule has 0 amide bonds. The van der Waals surface area contributed by atoms with Crippen LogP contribution in [0.25, 0.3) is 0 Å². The summed E-state index contributed by atoms with van der Waals surface area (Å²) in [5, 5.41) is 8.51. The van der Waals surface area contributed by atoms with E-state index in [2.05, 4.69) is 11.8 Å². The van der Waals surface area contributed by atoms with Gasteiger partial charge in [-0.2, -0.15) is 0 Å². The molecule has 0 saturated carbocycles. The van der Waals surface area contributed by atoms with Gasteiger partial charge < -0.3 is 14.6 Å². The van der Waals surface area contributed by atoms with E-state index in [1.165, 1.54) is 0 Å². The molecule has 20 heavy (non-hydrogen) atoms. The monoisotopic (exact) mass is 277 g/mol. The third kappa shape index (κ3) is 4.92. The van der Waals surface area contributed by atoms with E-state index in [1.54, 1.807) is 14.2 Å². The second-order valence-corrected chi connectivity index (χ2v) is 4.27. The molecule has 0 aromatic heterocycles. The van der Waals surface area contributed by atoms with Crippen LogP contribution in [0.1, 0.15) is 11.6 Å². The van der Waals surface area contributed by atoms with Crippen LogP contribution >= 0.6 is 0 Å². The second kappa shape index (κ2) is 8.20. The van der Waals surface area contributed by atoms with Crippen molar-refractivity contribution in [2.45, 2.75) is 6.04 Å². The number of methoxy groups -OCH3 is 2. The zero-order valence-electron chi connectivity index (χ0n) is 11.9. The Morgan fingerprint density at radius 3 is 2.50 bits per heavy atom. The number of carboxylic acids is 1. The van der Waals surface area contributed by atoms with Gasteiger partial charge in [-0.1, -0.05) is 18.1 Å². The fraction of sp³-hybridized carbons (Fsp3) is 0.400. The summed E-state index contributed by atoms with van der Waals surface area (Å²) in [6.07, 6.45) is 0. The predicted octanol–water partition coefficient (Wildman–Crippen LogP) is 1.40. The molecule has 0 aliphatic carbocycles. The number of hydrogen-bond donors (Lipinski definition) is 1. The first kappa shape index (κ1) is 16.0. The van der Waals surface area contributed by atoms with Gasteiger partial charge in [-0.05, 0) is 24.7 Å². The Morgan fingerprint density at radius 1 is 1.35 bits per heavy atom. The highest BCUT2D eigenvalue weighted by Crippen LogP contribution is 2.22. The Balaban J connectivity index is 2.81. The molecule has 0 saturated heterocycles. The van der Waals surface area contributed by atoms with Gasteiger partial charge in [-0.25, -0.2) is 4.79 Å². The van der Waals surface area contributed by atoms with Crippen LogP contribution in [-0.2, 0) is 9.53 Å². The van der Waals surface area contributed by atoms with Gasteiger partial charge in [0.25, 0.3) is 0 Å². The molecule has 1 rings (SSSR count). The van der Waals surface area contributed by atoms with Crippen LogP contribution in [0.2, 0.25) is 0 Å². The summed E-state index contributed by atoms with van der Waals surface area (Å²) in [5.74, 6) is 4.39. The normalized spacial score (nSPS) is 11.6. The number of aliphatic carboxylic acids is 1. The van der Waals surface area contributed by atoms with E-state index in [0.29, 0.717) is 13.2 Å². The first-order chi connectivity index (χ1) is 9.58. The summed E-state index contributed by atoms with van der Waals surface area (Å²) in [4.78, 5) is 12.3. The molecule has 1 unspecified atom stereocenters. The highest BCUT2D eigenvalue weighted by Gasteiger charge is 2.16. The molecule has 0 aliphatic heterocycles. The van der Waals surface area contributed by atoms with E-state index in [9.17, 15) is 4.79 Å². The van der Waals surface area contributed by atoms with E-state index in [1.807, 2.05) is 36.2 Å². The van der Waals surface area contributed by atoms with E-state index in [-0.39, 0.29) is 6.04 Å². The summed E-state index contributed by atoms with van der Waals surface area (Å²) in [5.41, 5.74) is 1.06. The lowest BCUT2D eigenvalue weighted by molar-refractivity contribution is -0.130. The number of rotatable bonds is 6. The molecular weight excluding hydrogens is 258 g/mol. The summed E-state index contributed by atoms with van der Waals surface area (Å²) < 4.78 is 10.4. The Hall–Kier alpha value is -2.03. The van der Waals surface area contributed by atoms with Crippen LogP contribution in [-0.4, -0.2) is 50.4 Å². The van der Waals surface area contributed by atoms with Crippen LogP contribution in [0, 0.1) is 11.8 Å². The number of nitrogens with zero attached hydrogens (tertiary/aromatic N) is 1. The highest BCUT2D eigenvalue weighted by atomic mass is 16.5. The lowest BCUT2D eigenvalue weighted by atomic mass is 10.1. The van der Waals surface area contributed by atoms with Gasteiger partial charge in [-0.15, -0.1) is 0 Å². The minimum absolute atomic E-state index is 0.00833. The van der Waals surface area contributed by atoms with Crippen molar-refractivity contribution in [3.8, 4) is 17.6 Å². The van der Waals surface area contributed by atoms with Crippen molar-refractivity contribution in [3.05, 3.63) is 29.8 Å². The third-order valence-electron chi connectivity index (χ3n) is 2.88. The summed E-state index contributed by atoms with van der Waals surface area (Å²) in [6, 6.07) is 7.70. The van der Waals surface area contributed by atoms with Crippen LogP contribution in [0.15, 0.2) is 24.3 Å². The van der Waals surface area contributed by atoms with Gasteiger partial charge in [0.05, 0.1) is 26.3 Å². The molecular formula is C15H19NO4. The van der Waals surface area contributed by atoms with Crippen LogP contribution < -0.4 is 4.74 Å². The van der Waals surface area contributed by atoms with Crippen molar-refractivity contribution in [2.24, 2.45) is 0 Å². The van der Waals surface area contributed by atoms with Gasteiger partial charge in [0.2, 0.25) is 0 Å². The Bertz CT molecular complexity index is 487. The van der Waals surface area contributed by atoms with E-state index in [0.717, 1.165) is 11.3 Å². The molecule has 1 aromatic rings. The lowest BCUT2D eigenvalue weighted by Gasteiger charge is -2.26. The molecule has 1 N–H and O–H groups in total.